The van der Waals surface area contributed by atoms with E-state index in [0.29, 0.717) is 21.6 Å². The minimum absolute atomic E-state index is 0.0831. The SMILES string of the molecule is Cc1ccc2c(C(=O)O)c(O)c(C3(c4ccc(Cl)cc4)CC3)nc2c1. The summed E-state index contributed by atoms with van der Waals surface area (Å²) >= 11 is 5.98. The second kappa shape index (κ2) is 5.46. The van der Waals surface area contributed by atoms with E-state index < -0.39 is 11.4 Å². The number of aromatic hydroxyl groups is 1. The first-order valence-electron chi connectivity index (χ1n) is 8.05. The van der Waals surface area contributed by atoms with Gasteiger partial charge in [0.1, 0.15) is 5.56 Å². The predicted molar refractivity (Wildman–Crippen MR) is 96.6 cm³/mol. The van der Waals surface area contributed by atoms with Crippen LogP contribution in [0.5, 0.6) is 5.75 Å². The first-order chi connectivity index (χ1) is 11.9. The number of aromatic nitrogens is 1. The van der Waals surface area contributed by atoms with Crippen molar-refractivity contribution in [3.8, 4) is 5.75 Å². The van der Waals surface area contributed by atoms with Gasteiger partial charge in [-0.3, -0.25) is 0 Å². The number of hydrogen-bond donors (Lipinski definition) is 2. The molecule has 0 atom stereocenters. The molecular formula is C20H16ClNO3. The number of aryl methyl sites for hydroxylation is 1. The summed E-state index contributed by atoms with van der Waals surface area (Å²) in [5.41, 5.74) is 2.47. The van der Waals surface area contributed by atoms with Crippen molar-refractivity contribution in [1.29, 1.82) is 0 Å². The van der Waals surface area contributed by atoms with Gasteiger partial charge in [-0.2, -0.15) is 0 Å². The highest BCUT2D eigenvalue weighted by molar-refractivity contribution is 6.30. The zero-order chi connectivity index (χ0) is 17.8. The molecule has 1 saturated carbocycles. The van der Waals surface area contributed by atoms with Gasteiger partial charge in [0.2, 0.25) is 0 Å². The van der Waals surface area contributed by atoms with Gasteiger partial charge in [-0.15, -0.1) is 0 Å². The number of carbonyl (C=O) groups is 1. The Kier molecular flexibility index (Phi) is 3.48. The zero-order valence-corrected chi connectivity index (χ0v) is 14.3. The van der Waals surface area contributed by atoms with Gasteiger partial charge in [0.05, 0.1) is 11.2 Å². The van der Waals surface area contributed by atoms with E-state index in [4.69, 9.17) is 11.6 Å². The van der Waals surface area contributed by atoms with E-state index in [1.54, 1.807) is 18.2 Å². The molecule has 1 aromatic heterocycles. The molecule has 2 aromatic carbocycles. The average Bonchev–Trinajstić information content (AvgIpc) is 3.36. The molecule has 0 amide bonds. The normalized spacial score (nSPS) is 15.3. The summed E-state index contributed by atoms with van der Waals surface area (Å²) in [5, 5.41) is 21.5. The Morgan fingerprint density at radius 3 is 2.44 bits per heavy atom. The number of benzene rings is 2. The molecule has 0 saturated heterocycles. The van der Waals surface area contributed by atoms with Crippen LogP contribution in [0.15, 0.2) is 42.5 Å². The van der Waals surface area contributed by atoms with E-state index in [-0.39, 0.29) is 11.3 Å². The third-order valence-electron chi connectivity index (χ3n) is 4.93. The molecule has 0 bridgehead atoms. The van der Waals surface area contributed by atoms with Crippen LogP contribution < -0.4 is 0 Å². The Morgan fingerprint density at radius 1 is 1.16 bits per heavy atom. The van der Waals surface area contributed by atoms with Crippen molar-refractivity contribution < 1.29 is 15.0 Å². The molecular weight excluding hydrogens is 338 g/mol. The van der Waals surface area contributed by atoms with Crippen LogP contribution in [0.2, 0.25) is 5.02 Å². The van der Waals surface area contributed by atoms with Crippen LogP contribution in [-0.4, -0.2) is 21.2 Å². The van der Waals surface area contributed by atoms with Crippen LogP contribution in [0.1, 0.15) is 40.0 Å². The molecule has 1 aliphatic carbocycles. The van der Waals surface area contributed by atoms with Gasteiger partial charge < -0.3 is 10.2 Å². The van der Waals surface area contributed by atoms with Gasteiger partial charge in [-0.05, 0) is 49.1 Å². The molecule has 0 unspecified atom stereocenters. The minimum Gasteiger partial charge on any atom is -0.505 e. The van der Waals surface area contributed by atoms with Crippen molar-refractivity contribution >= 4 is 28.5 Å². The highest BCUT2D eigenvalue weighted by Gasteiger charge is 2.49. The van der Waals surface area contributed by atoms with Crippen molar-refractivity contribution in [1.82, 2.24) is 4.98 Å². The molecule has 3 aromatic rings. The number of pyridine rings is 1. The Morgan fingerprint density at radius 2 is 1.84 bits per heavy atom. The van der Waals surface area contributed by atoms with Gasteiger partial charge >= 0.3 is 5.97 Å². The summed E-state index contributed by atoms with van der Waals surface area (Å²) in [4.78, 5) is 16.5. The molecule has 0 radical (unpaired) electrons. The largest absolute Gasteiger partial charge is 0.505 e. The number of fused-ring (bicyclic) bond motifs is 1. The molecule has 126 valence electrons. The third-order valence-corrected chi connectivity index (χ3v) is 5.18. The topological polar surface area (TPSA) is 70.4 Å². The van der Waals surface area contributed by atoms with Crippen LogP contribution in [0.4, 0.5) is 0 Å². The fourth-order valence-corrected chi connectivity index (χ4v) is 3.60. The Hall–Kier alpha value is -2.59. The number of rotatable bonds is 3. The molecule has 4 nitrogen and oxygen atoms in total. The maximum Gasteiger partial charge on any atom is 0.340 e. The average molecular weight is 354 g/mol. The molecule has 25 heavy (non-hydrogen) atoms. The first-order valence-corrected chi connectivity index (χ1v) is 8.43. The van der Waals surface area contributed by atoms with Gasteiger partial charge in [-0.1, -0.05) is 35.9 Å². The molecule has 1 aliphatic rings. The summed E-state index contributed by atoms with van der Waals surface area (Å²) < 4.78 is 0. The second-order valence-corrected chi connectivity index (χ2v) is 7.04. The van der Waals surface area contributed by atoms with Gasteiger partial charge in [0.15, 0.2) is 5.75 Å². The smallest absolute Gasteiger partial charge is 0.340 e. The van der Waals surface area contributed by atoms with E-state index in [9.17, 15) is 15.0 Å². The van der Waals surface area contributed by atoms with E-state index in [0.717, 1.165) is 24.0 Å². The summed E-state index contributed by atoms with van der Waals surface area (Å²) in [5.74, 6) is -1.39. The summed E-state index contributed by atoms with van der Waals surface area (Å²) in [6.07, 6.45) is 1.62. The van der Waals surface area contributed by atoms with E-state index >= 15 is 0 Å². The van der Waals surface area contributed by atoms with E-state index in [1.165, 1.54) is 0 Å². The second-order valence-electron chi connectivity index (χ2n) is 6.60. The van der Waals surface area contributed by atoms with Crippen LogP contribution >= 0.6 is 11.6 Å². The number of halogens is 1. The molecule has 0 spiro atoms. The number of hydrogen-bond acceptors (Lipinski definition) is 3. The Balaban J connectivity index is 2.00. The summed E-state index contributed by atoms with van der Waals surface area (Å²) in [7, 11) is 0. The molecule has 2 N–H and O–H groups in total. The lowest BCUT2D eigenvalue weighted by molar-refractivity contribution is 0.0695. The van der Waals surface area contributed by atoms with Crippen molar-refractivity contribution in [2.24, 2.45) is 0 Å². The highest BCUT2D eigenvalue weighted by atomic mass is 35.5. The van der Waals surface area contributed by atoms with Crippen LogP contribution in [0.25, 0.3) is 10.9 Å². The molecule has 4 rings (SSSR count). The fraction of sp³-hybridized carbons (Fsp3) is 0.200. The Labute approximate surface area is 149 Å². The number of carboxylic acid groups (broad SMARTS) is 1. The molecule has 1 heterocycles. The zero-order valence-electron chi connectivity index (χ0n) is 13.6. The summed E-state index contributed by atoms with van der Waals surface area (Å²) in [6.45, 7) is 1.93. The van der Waals surface area contributed by atoms with Crippen molar-refractivity contribution in [3.05, 3.63) is 69.9 Å². The molecule has 5 heteroatoms. The standard InChI is InChI=1S/C20H16ClNO3/c1-11-2-7-14-15(10-11)22-18(17(23)16(14)19(24)25)20(8-9-20)12-3-5-13(21)6-4-12/h2-7,10,23H,8-9H2,1H3,(H,24,25). The maximum absolute atomic E-state index is 11.8. The number of aromatic carboxylic acids is 1. The number of carboxylic acids is 1. The van der Waals surface area contributed by atoms with Gasteiger partial charge in [-0.25, -0.2) is 9.78 Å². The van der Waals surface area contributed by atoms with E-state index in [2.05, 4.69) is 4.98 Å². The quantitative estimate of drug-likeness (QED) is 0.717. The van der Waals surface area contributed by atoms with Crippen LogP contribution in [0, 0.1) is 6.92 Å². The van der Waals surface area contributed by atoms with Crippen molar-refractivity contribution in [2.75, 3.05) is 0 Å². The van der Waals surface area contributed by atoms with Crippen LogP contribution in [0.3, 0.4) is 0 Å². The van der Waals surface area contributed by atoms with Crippen LogP contribution in [-0.2, 0) is 5.41 Å². The van der Waals surface area contributed by atoms with Crippen molar-refractivity contribution in [3.63, 3.8) is 0 Å². The molecule has 1 fully saturated rings. The predicted octanol–water partition coefficient (Wildman–Crippen LogP) is 4.68. The van der Waals surface area contributed by atoms with E-state index in [1.807, 2.05) is 31.2 Å². The minimum atomic E-state index is -1.15. The third kappa shape index (κ3) is 2.45. The molecule has 0 aliphatic heterocycles. The maximum atomic E-state index is 11.8. The van der Waals surface area contributed by atoms with Gasteiger partial charge in [0, 0.05) is 15.8 Å². The highest BCUT2D eigenvalue weighted by Crippen LogP contribution is 2.56. The monoisotopic (exact) mass is 353 g/mol. The van der Waals surface area contributed by atoms with Gasteiger partial charge in [0.25, 0.3) is 0 Å². The lowest BCUT2D eigenvalue weighted by Gasteiger charge is -2.19. The fourth-order valence-electron chi connectivity index (χ4n) is 3.47. The first kappa shape index (κ1) is 15.9. The Bertz CT molecular complexity index is 1010. The van der Waals surface area contributed by atoms with Crippen molar-refractivity contribution in [2.45, 2.75) is 25.2 Å². The lowest BCUT2D eigenvalue weighted by Crippen LogP contribution is -2.14. The summed E-state index contributed by atoms with van der Waals surface area (Å²) in [6, 6.07) is 12.8. The lowest BCUT2D eigenvalue weighted by atomic mass is 9.89. The number of nitrogens with zero attached hydrogens (tertiary/aromatic N) is 1.